The van der Waals surface area contributed by atoms with Gasteiger partial charge in [-0.25, -0.2) is 9.69 Å². The van der Waals surface area contributed by atoms with Crippen LogP contribution in [0.2, 0.25) is 0 Å². The molecule has 1 aliphatic carbocycles. The molecule has 24 heavy (non-hydrogen) atoms. The van der Waals surface area contributed by atoms with Gasteiger partial charge in [-0.2, -0.15) is 0 Å². The van der Waals surface area contributed by atoms with E-state index in [0.717, 1.165) is 10.5 Å². The van der Waals surface area contributed by atoms with E-state index in [0.29, 0.717) is 12.1 Å². The molecule has 5 nitrogen and oxygen atoms in total. The zero-order chi connectivity index (χ0) is 17.5. The van der Waals surface area contributed by atoms with Gasteiger partial charge < -0.3 is 9.84 Å². The molecule has 0 spiro atoms. The monoisotopic (exact) mass is 329 g/mol. The molecule has 5 heteroatoms. The van der Waals surface area contributed by atoms with Gasteiger partial charge in [0.1, 0.15) is 5.60 Å². The molecule has 1 aromatic carbocycles. The molecule has 1 aliphatic heterocycles. The summed E-state index contributed by atoms with van der Waals surface area (Å²) in [6, 6.07) is 9.64. The molecule has 0 unspecified atom stereocenters. The first-order valence-corrected chi connectivity index (χ1v) is 8.27. The van der Waals surface area contributed by atoms with E-state index in [1.54, 1.807) is 20.8 Å². The highest BCUT2D eigenvalue weighted by Crippen LogP contribution is 2.42. The van der Waals surface area contributed by atoms with Crippen molar-refractivity contribution in [2.24, 2.45) is 5.92 Å². The average molecular weight is 329 g/mol. The molecular formula is C19H23NO4. The molecule has 2 aliphatic rings. The molecule has 128 valence electrons. The topological polar surface area (TPSA) is 66.8 Å². The number of rotatable bonds is 1. The minimum atomic E-state index is -0.664. The SMILES string of the molecule is CC(C)(C)OC(=O)N1C(=O)C[C@H]2C[C@@H](O)[C@@H](c3ccccc3)C=C21. The first-order valence-electron chi connectivity index (χ1n) is 8.27. The summed E-state index contributed by atoms with van der Waals surface area (Å²) in [6.07, 6.45) is 1.36. The number of nitrogens with zero attached hydrogens (tertiary/aromatic N) is 1. The number of carbonyl (C=O) groups is 2. The van der Waals surface area contributed by atoms with E-state index in [2.05, 4.69) is 0 Å². The number of ether oxygens (including phenoxy) is 1. The third-order valence-corrected chi connectivity index (χ3v) is 4.40. The largest absolute Gasteiger partial charge is 0.443 e. The van der Waals surface area contributed by atoms with Gasteiger partial charge in [0.25, 0.3) is 0 Å². The molecule has 1 aromatic rings. The van der Waals surface area contributed by atoms with E-state index in [-0.39, 0.29) is 24.2 Å². The Morgan fingerprint density at radius 2 is 1.92 bits per heavy atom. The van der Waals surface area contributed by atoms with Crippen molar-refractivity contribution in [3.8, 4) is 0 Å². The van der Waals surface area contributed by atoms with E-state index >= 15 is 0 Å². The Bertz CT molecular complexity index is 674. The number of hydrogen-bond acceptors (Lipinski definition) is 4. The molecule has 3 atom stereocenters. The van der Waals surface area contributed by atoms with Crippen molar-refractivity contribution in [3.63, 3.8) is 0 Å². The van der Waals surface area contributed by atoms with Gasteiger partial charge in [-0.1, -0.05) is 36.4 Å². The number of allylic oxidation sites excluding steroid dienone is 1. The summed E-state index contributed by atoms with van der Waals surface area (Å²) < 4.78 is 5.37. The van der Waals surface area contributed by atoms with Gasteiger partial charge >= 0.3 is 6.09 Å². The van der Waals surface area contributed by atoms with Gasteiger partial charge in [-0.15, -0.1) is 0 Å². The number of aliphatic hydroxyl groups excluding tert-OH is 1. The van der Waals surface area contributed by atoms with Gasteiger partial charge in [0.05, 0.1) is 6.10 Å². The van der Waals surface area contributed by atoms with Crippen LogP contribution in [0, 0.1) is 5.92 Å². The number of hydrogen-bond donors (Lipinski definition) is 1. The predicted octanol–water partition coefficient (Wildman–Crippen LogP) is 3.20. The predicted molar refractivity (Wildman–Crippen MR) is 89.1 cm³/mol. The third kappa shape index (κ3) is 3.22. The van der Waals surface area contributed by atoms with Crippen molar-refractivity contribution in [3.05, 3.63) is 47.7 Å². The molecule has 0 saturated carbocycles. The van der Waals surface area contributed by atoms with Crippen LogP contribution >= 0.6 is 0 Å². The summed E-state index contributed by atoms with van der Waals surface area (Å²) in [4.78, 5) is 25.9. The number of amides is 2. The Morgan fingerprint density at radius 3 is 2.54 bits per heavy atom. The van der Waals surface area contributed by atoms with E-state index in [1.807, 2.05) is 36.4 Å². The lowest BCUT2D eigenvalue weighted by atomic mass is 9.80. The van der Waals surface area contributed by atoms with E-state index in [4.69, 9.17) is 4.74 Å². The first-order chi connectivity index (χ1) is 11.3. The summed E-state index contributed by atoms with van der Waals surface area (Å²) in [5.74, 6) is -0.616. The van der Waals surface area contributed by atoms with E-state index < -0.39 is 17.8 Å². The lowest BCUT2D eigenvalue weighted by Crippen LogP contribution is -2.38. The molecule has 1 heterocycles. The lowest BCUT2D eigenvalue weighted by Gasteiger charge is -2.31. The van der Waals surface area contributed by atoms with Crippen LogP contribution < -0.4 is 0 Å². The first kappa shape index (κ1) is 16.7. The molecule has 2 amide bonds. The van der Waals surface area contributed by atoms with Gasteiger partial charge in [0.15, 0.2) is 0 Å². The maximum absolute atomic E-state index is 12.4. The van der Waals surface area contributed by atoms with E-state index in [9.17, 15) is 14.7 Å². The summed E-state index contributed by atoms with van der Waals surface area (Å²) in [5, 5.41) is 10.5. The van der Waals surface area contributed by atoms with Gasteiger partial charge in [-0.3, -0.25) is 4.79 Å². The molecule has 1 fully saturated rings. The smallest absolute Gasteiger partial charge is 0.421 e. The van der Waals surface area contributed by atoms with Crippen molar-refractivity contribution < 1.29 is 19.4 Å². The van der Waals surface area contributed by atoms with Crippen LogP contribution in [0.25, 0.3) is 0 Å². The summed E-state index contributed by atoms with van der Waals surface area (Å²) >= 11 is 0. The molecule has 0 aromatic heterocycles. The van der Waals surface area contributed by atoms with Gasteiger partial charge in [-0.05, 0) is 32.8 Å². The number of likely N-dealkylation sites (tertiary alicyclic amines) is 1. The highest BCUT2D eigenvalue weighted by Gasteiger charge is 2.45. The van der Waals surface area contributed by atoms with Crippen molar-refractivity contribution in [2.45, 2.75) is 51.2 Å². The Hall–Kier alpha value is -2.14. The van der Waals surface area contributed by atoms with Crippen LogP contribution in [-0.2, 0) is 9.53 Å². The molecular weight excluding hydrogens is 306 g/mol. The number of fused-ring (bicyclic) bond motifs is 1. The fourth-order valence-electron chi connectivity index (χ4n) is 3.39. The normalized spacial score (nSPS) is 26.8. The highest BCUT2D eigenvalue weighted by atomic mass is 16.6. The lowest BCUT2D eigenvalue weighted by molar-refractivity contribution is -0.126. The van der Waals surface area contributed by atoms with E-state index in [1.165, 1.54) is 0 Å². The Morgan fingerprint density at radius 1 is 1.25 bits per heavy atom. The molecule has 3 rings (SSSR count). The minimum absolute atomic E-state index is 0.125. The van der Waals surface area contributed by atoms with Gasteiger partial charge in [0, 0.05) is 24.0 Å². The quantitative estimate of drug-likeness (QED) is 0.859. The zero-order valence-electron chi connectivity index (χ0n) is 14.2. The summed E-state index contributed by atoms with van der Waals surface area (Å²) in [5.41, 5.74) is 0.969. The van der Waals surface area contributed by atoms with Crippen LogP contribution in [-0.4, -0.2) is 33.7 Å². The number of imide groups is 1. The fraction of sp³-hybridized carbons (Fsp3) is 0.474. The standard InChI is InChI=1S/C19H23NO4/c1-19(2,3)24-18(23)20-15-11-14(12-7-5-4-6-8-12)16(21)9-13(15)10-17(20)22/h4-8,11,13-14,16,21H,9-10H2,1-3H3/t13-,14-,16-/m1/s1. The average Bonchev–Trinajstić information content (AvgIpc) is 2.80. The Labute approximate surface area is 141 Å². The summed E-state index contributed by atoms with van der Waals surface area (Å²) in [6.45, 7) is 5.32. The van der Waals surface area contributed by atoms with Crippen LogP contribution in [0.4, 0.5) is 4.79 Å². The Kier molecular flexibility index (Phi) is 4.22. The maximum atomic E-state index is 12.4. The van der Waals surface area contributed by atoms with Gasteiger partial charge in [0.2, 0.25) is 5.91 Å². The minimum Gasteiger partial charge on any atom is -0.443 e. The fourth-order valence-corrected chi connectivity index (χ4v) is 3.39. The second-order valence-electron chi connectivity index (χ2n) is 7.44. The zero-order valence-corrected chi connectivity index (χ0v) is 14.2. The number of carbonyl (C=O) groups excluding carboxylic acids is 2. The van der Waals surface area contributed by atoms with Crippen molar-refractivity contribution >= 4 is 12.0 Å². The van der Waals surface area contributed by atoms with Crippen molar-refractivity contribution in [2.75, 3.05) is 0 Å². The molecule has 0 radical (unpaired) electrons. The number of benzene rings is 1. The van der Waals surface area contributed by atoms with Crippen molar-refractivity contribution in [1.82, 2.24) is 4.90 Å². The molecule has 1 N–H and O–H groups in total. The maximum Gasteiger partial charge on any atom is 0.421 e. The summed E-state index contributed by atoms with van der Waals surface area (Å²) in [7, 11) is 0. The number of aliphatic hydroxyl groups is 1. The Balaban J connectivity index is 1.93. The highest BCUT2D eigenvalue weighted by molar-refractivity contribution is 5.97. The second-order valence-corrected chi connectivity index (χ2v) is 7.44. The van der Waals surface area contributed by atoms with Crippen LogP contribution in [0.15, 0.2) is 42.1 Å². The third-order valence-electron chi connectivity index (χ3n) is 4.40. The molecule has 1 saturated heterocycles. The second kappa shape index (κ2) is 6.06. The molecule has 0 bridgehead atoms. The van der Waals surface area contributed by atoms with Crippen molar-refractivity contribution in [1.29, 1.82) is 0 Å². The van der Waals surface area contributed by atoms with Crippen LogP contribution in [0.5, 0.6) is 0 Å². The van der Waals surface area contributed by atoms with Crippen LogP contribution in [0.1, 0.15) is 45.1 Å². The van der Waals surface area contributed by atoms with Crippen LogP contribution in [0.3, 0.4) is 0 Å².